The molecule has 3 heterocycles. The Kier molecular flexibility index (Phi) is 6.38. The molecule has 0 atom stereocenters. The first kappa shape index (κ1) is 22.7. The minimum atomic E-state index is -1.21. The van der Waals surface area contributed by atoms with Gasteiger partial charge >= 0.3 is 5.97 Å². The van der Waals surface area contributed by atoms with Gasteiger partial charge < -0.3 is 14.6 Å². The topological polar surface area (TPSA) is 140 Å². The fourth-order valence-electron chi connectivity index (χ4n) is 3.26. The molecule has 0 amide bonds. The number of aromatic nitrogens is 4. The van der Waals surface area contributed by atoms with E-state index in [0.717, 1.165) is 0 Å². The molecule has 170 valence electrons. The molecule has 4 rings (SSSR count). The predicted octanol–water partition coefficient (Wildman–Crippen LogP) is 3.16. The number of aromatic carboxylic acids is 1. The van der Waals surface area contributed by atoms with Crippen molar-refractivity contribution in [2.24, 2.45) is 0 Å². The highest BCUT2D eigenvalue weighted by Gasteiger charge is 2.15. The number of nitrogens with zero attached hydrogens (tertiary/aromatic N) is 5. The van der Waals surface area contributed by atoms with E-state index in [1.54, 1.807) is 24.3 Å². The van der Waals surface area contributed by atoms with Crippen LogP contribution in [0, 0.1) is 11.3 Å². The number of rotatable bonds is 7. The number of pyridine rings is 2. The van der Waals surface area contributed by atoms with Crippen molar-refractivity contribution in [1.29, 1.82) is 5.26 Å². The second kappa shape index (κ2) is 9.56. The highest BCUT2D eigenvalue weighted by molar-refractivity contribution is 6.31. The standard InChI is InChI=1S/C23H16ClN5O5/c1-33-21-7-13(6-18(28-21)23(31)32)16-8-14(24)2-3-20(16)34-5-4-29-12-27-19-11-26-15(10-25)9-17(19)22(29)30/h2-3,6-9,11-12H,4-5H2,1H3,(H,31,32). The lowest BCUT2D eigenvalue weighted by Crippen LogP contribution is -2.23. The molecule has 0 aliphatic carbocycles. The number of halogens is 1. The van der Waals surface area contributed by atoms with Crippen LogP contribution < -0.4 is 15.0 Å². The van der Waals surface area contributed by atoms with Gasteiger partial charge in [-0.3, -0.25) is 9.36 Å². The van der Waals surface area contributed by atoms with Crippen LogP contribution in [-0.2, 0) is 6.54 Å². The number of methoxy groups -OCH3 is 1. The summed E-state index contributed by atoms with van der Waals surface area (Å²) in [6.45, 7) is 0.278. The summed E-state index contributed by atoms with van der Waals surface area (Å²) in [4.78, 5) is 36.3. The minimum absolute atomic E-state index is 0.103. The summed E-state index contributed by atoms with van der Waals surface area (Å²) in [6.07, 6.45) is 2.77. The van der Waals surface area contributed by atoms with Gasteiger partial charge in [0.1, 0.15) is 24.1 Å². The van der Waals surface area contributed by atoms with E-state index < -0.39 is 5.97 Å². The maximum Gasteiger partial charge on any atom is 0.354 e. The zero-order chi connectivity index (χ0) is 24.2. The molecule has 0 radical (unpaired) electrons. The number of nitriles is 1. The molecular weight excluding hydrogens is 462 g/mol. The summed E-state index contributed by atoms with van der Waals surface area (Å²) < 4.78 is 12.4. The lowest BCUT2D eigenvalue weighted by Gasteiger charge is -2.14. The Morgan fingerprint density at radius 1 is 1.24 bits per heavy atom. The third-order valence-corrected chi connectivity index (χ3v) is 5.13. The number of fused-ring (bicyclic) bond motifs is 1. The number of carbonyl (C=O) groups is 1. The van der Waals surface area contributed by atoms with Gasteiger partial charge in [0, 0.05) is 16.7 Å². The van der Waals surface area contributed by atoms with E-state index in [1.165, 1.54) is 36.3 Å². The lowest BCUT2D eigenvalue weighted by atomic mass is 10.0. The van der Waals surface area contributed by atoms with Crippen LogP contribution in [0.15, 0.2) is 53.7 Å². The largest absolute Gasteiger partial charge is 0.491 e. The van der Waals surface area contributed by atoms with Crippen LogP contribution in [0.4, 0.5) is 0 Å². The maximum atomic E-state index is 12.8. The van der Waals surface area contributed by atoms with Crippen molar-refractivity contribution in [2.75, 3.05) is 13.7 Å². The molecule has 0 aliphatic rings. The minimum Gasteiger partial charge on any atom is -0.491 e. The van der Waals surface area contributed by atoms with Crippen molar-refractivity contribution in [2.45, 2.75) is 6.54 Å². The van der Waals surface area contributed by atoms with Gasteiger partial charge in [-0.05, 0) is 35.9 Å². The van der Waals surface area contributed by atoms with Gasteiger partial charge in [0.05, 0.1) is 37.1 Å². The van der Waals surface area contributed by atoms with Crippen LogP contribution in [0.5, 0.6) is 11.6 Å². The Balaban J connectivity index is 1.62. The fourth-order valence-corrected chi connectivity index (χ4v) is 3.44. The number of carboxylic acid groups (broad SMARTS) is 1. The second-order valence-corrected chi connectivity index (χ2v) is 7.46. The first-order valence-corrected chi connectivity index (χ1v) is 10.2. The smallest absolute Gasteiger partial charge is 0.354 e. The molecule has 4 aromatic rings. The van der Waals surface area contributed by atoms with Crippen molar-refractivity contribution < 1.29 is 19.4 Å². The zero-order valence-electron chi connectivity index (χ0n) is 17.7. The first-order valence-electron chi connectivity index (χ1n) is 9.87. The average molecular weight is 478 g/mol. The molecule has 0 fully saturated rings. The second-order valence-electron chi connectivity index (χ2n) is 7.02. The van der Waals surface area contributed by atoms with E-state index in [9.17, 15) is 14.7 Å². The summed E-state index contributed by atoms with van der Waals surface area (Å²) in [7, 11) is 1.39. The summed E-state index contributed by atoms with van der Waals surface area (Å²) >= 11 is 6.17. The third-order valence-electron chi connectivity index (χ3n) is 4.90. The molecule has 0 saturated heterocycles. The van der Waals surface area contributed by atoms with Crippen molar-refractivity contribution in [3.8, 4) is 28.8 Å². The summed E-state index contributed by atoms with van der Waals surface area (Å²) in [5.74, 6) is -0.657. The lowest BCUT2D eigenvalue weighted by molar-refractivity contribution is 0.0689. The summed E-state index contributed by atoms with van der Waals surface area (Å²) in [5.41, 5.74) is 1.02. The van der Waals surface area contributed by atoms with Crippen molar-refractivity contribution in [3.05, 3.63) is 75.7 Å². The molecule has 0 bridgehead atoms. The molecule has 1 aromatic carbocycles. The highest BCUT2D eigenvalue weighted by Crippen LogP contribution is 2.34. The van der Waals surface area contributed by atoms with Gasteiger partial charge in [-0.1, -0.05) is 11.6 Å². The van der Waals surface area contributed by atoms with Crippen LogP contribution in [-0.4, -0.2) is 44.3 Å². The van der Waals surface area contributed by atoms with E-state index in [-0.39, 0.29) is 41.4 Å². The monoisotopic (exact) mass is 477 g/mol. The summed E-state index contributed by atoms with van der Waals surface area (Å²) in [6, 6.07) is 11.2. The van der Waals surface area contributed by atoms with Crippen molar-refractivity contribution in [1.82, 2.24) is 19.5 Å². The van der Waals surface area contributed by atoms with E-state index in [4.69, 9.17) is 26.3 Å². The van der Waals surface area contributed by atoms with Gasteiger partial charge in [0.15, 0.2) is 5.69 Å². The number of ether oxygens (including phenoxy) is 2. The van der Waals surface area contributed by atoms with Crippen molar-refractivity contribution in [3.63, 3.8) is 0 Å². The summed E-state index contributed by atoms with van der Waals surface area (Å²) in [5, 5.41) is 19.1. The first-order chi connectivity index (χ1) is 16.4. The molecular formula is C23H16ClN5O5. The molecule has 0 aliphatic heterocycles. The predicted molar refractivity (Wildman–Crippen MR) is 122 cm³/mol. The van der Waals surface area contributed by atoms with Gasteiger partial charge in [-0.15, -0.1) is 0 Å². The number of hydrogen-bond donors (Lipinski definition) is 1. The van der Waals surface area contributed by atoms with Gasteiger partial charge in [-0.25, -0.2) is 19.7 Å². The Hall–Kier alpha value is -4.49. The van der Waals surface area contributed by atoms with Crippen LogP contribution in [0.3, 0.4) is 0 Å². The molecule has 34 heavy (non-hydrogen) atoms. The van der Waals surface area contributed by atoms with E-state index in [1.807, 2.05) is 6.07 Å². The van der Waals surface area contributed by atoms with Crippen LogP contribution >= 0.6 is 11.6 Å². The Labute approximate surface area is 197 Å². The molecule has 1 N–H and O–H groups in total. The Morgan fingerprint density at radius 3 is 2.79 bits per heavy atom. The normalized spacial score (nSPS) is 10.6. The third kappa shape index (κ3) is 4.65. The van der Waals surface area contributed by atoms with Crippen LogP contribution in [0.1, 0.15) is 16.2 Å². The number of carboxylic acids is 1. The average Bonchev–Trinajstić information content (AvgIpc) is 2.85. The van der Waals surface area contributed by atoms with Gasteiger partial charge in [0.25, 0.3) is 5.56 Å². The van der Waals surface area contributed by atoms with Gasteiger partial charge in [-0.2, -0.15) is 5.26 Å². The fraction of sp³-hybridized carbons (Fsp3) is 0.130. The van der Waals surface area contributed by atoms with Gasteiger partial charge in [0.2, 0.25) is 5.88 Å². The number of hydrogen-bond acceptors (Lipinski definition) is 8. The van der Waals surface area contributed by atoms with Crippen LogP contribution in [0.2, 0.25) is 5.02 Å². The molecule has 0 saturated carbocycles. The SMILES string of the molecule is COc1cc(-c2cc(Cl)ccc2OCCn2cnc3cnc(C#N)cc3c2=O)cc(C(=O)O)n1. The van der Waals surface area contributed by atoms with Crippen LogP contribution in [0.25, 0.3) is 22.0 Å². The van der Waals surface area contributed by atoms with E-state index >= 15 is 0 Å². The number of benzene rings is 1. The molecule has 0 unspecified atom stereocenters. The quantitative estimate of drug-likeness (QED) is 0.424. The molecule has 11 heteroatoms. The van der Waals surface area contributed by atoms with E-state index in [0.29, 0.717) is 27.4 Å². The zero-order valence-corrected chi connectivity index (χ0v) is 18.5. The molecule has 0 spiro atoms. The Morgan fingerprint density at radius 2 is 2.06 bits per heavy atom. The van der Waals surface area contributed by atoms with E-state index in [2.05, 4.69) is 15.0 Å². The molecule has 10 nitrogen and oxygen atoms in total. The van der Waals surface area contributed by atoms with Crippen molar-refractivity contribution >= 4 is 28.5 Å². The molecule has 3 aromatic heterocycles. The Bertz CT molecular complexity index is 1510. The highest BCUT2D eigenvalue weighted by atomic mass is 35.5. The maximum absolute atomic E-state index is 12.8.